The largest absolute Gasteiger partial charge is 0.356 e. The van der Waals surface area contributed by atoms with Gasteiger partial charge in [0.2, 0.25) is 5.91 Å². The van der Waals surface area contributed by atoms with Gasteiger partial charge in [-0.1, -0.05) is 6.07 Å². The molecule has 0 saturated carbocycles. The maximum Gasteiger partial charge on any atom is 0.319 e. The number of amides is 3. The zero-order valence-corrected chi connectivity index (χ0v) is 15.0. The molecule has 1 saturated heterocycles. The van der Waals surface area contributed by atoms with Crippen molar-refractivity contribution in [2.45, 2.75) is 25.8 Å². The number of urea groups is 1. The normalized spacial score (nSPS) is 14.5. The van der Waals surface area contributed by atoms with Crippen molar-refractivity contribution in [2.24, 2.45) is 0 Å². The Hall–Kier alpha value is -3.16. The number of halogens is 1. The summed E-state index contributed by atoms with van der Waals surface area (Å²) in [7, 11) is 0. The lowest BCUT2D eigenvalue weighted by molar-refractivity contribution is -0.114. The topological polar surface area (TPSA) is 86.4 Å². The molecule has 27 heavy (non-hydrogen) atoms. The fraction of sp³-hybridized carbons (Fsp3) is 0.316. The van der Waals surface area contributed by atoms with Crippen LogP contribution in [-0.4, -0.2) is 36.1 Å². The average molecular weight is 371 g/mol. The number of hydrogen-bond acceptors (Lipinski definition) is 4. The maximum atomic E-state index is 13.9. The molecule has 1 fully saturated rings. The van der Waals surface area contributed by atoms with Crippen LogP contribution in [0.5, 0.6) is 0 Å². The number of anilines is 3. The second-order valence-corrected chi connectivity index (χ2v) is 6.42. The van der Waals surface area contributed by atoms with Gasteiger partial charge in [-0.15, -0.1) is 0 Å². The Labute approximate surface area is 157 Å². The minimum atomic E-state index is -0.566. The zero-order valence-electron chi connectivity index (χ0n) is 15.0. The van der Waals surface area contributed by atoms with E-state index >= 15 is 0 Å². The molecule has 1 aliphatic heterocycles. The Morgan fingerprint density at radius 3 is 2.59 bits per heavy atom. The third kappa shape index (κ3) is 5.16. The van der Waals surface area contributed by atoms with Gasteiger partial charge in [0, 0.05) is 37.9 Å². The molecule has 0 bridgehead atoms. The van der Waals surface area contributed by atoms with E-state index in [0.717, 1.165) is 31.7 Å². The summed E-state index contributed by atoms with van der Waals surface area (Å²) in [6, 6.07) is 9.35. The van der Waals surface area contributed by atoms with Crippen LogP contribution in [0.3, 0.4) is 0 Å². The van der Waals surface area contributed by atoms with Crippen molar-refractivity contribution in [1.29, 1.82) is 0 Å². The molecule has 1 aromatic heterocycles. The molecule has 8 heteroatoms. The van der Waals surface area contributed by atoms with Crippen LogP contribution >= 0.6 is 0 Å². The van der Waals surface area contributed by atoms with Crippen LogP contribution < -0.4 is 20.9 Å². The number of aromatic nitrogens is 1. The molecule has 2 aromatic rings. The highest BCUT2D eigenvalue weighted by Gasteiger charge is 2.21. The van der Waals surface area contributed by atoms with Gasteiger partial charge in [0.15, 0.2) is 0 Å². The van der Waals surface area contributed by atoms with Crippen LogP contribution in [0.1, 0.15) is 19.8 Å². The molecule has 3 N–H and O–H groups in total. The van der Waals surface area contributed by atoms with Gasteiger partial charge in [0.1, 0.15) is 11.6 Å². The van der Waals surface area contributed by atoms with E-state index in [0.29, 0.717) is 5.69 Å². The first-order valence-electron chi connectivity index (χ1n) is 8.82. The fourth-order valence-corrected chi connectivity index (χ4v) is 3.04. The van der Waals surface area contributed by atoms with E-state index in [9.17, 15) is 14.0 Å². The number of rotatable bonds is 4. The van der Waals surface area contributed by atoms with E-state index in [1.807, 2.05) is 18.2 Å². The predicted molar refractivity (Wildman–Crippen MR) is 102 cm³/mol. The maximum absolute atomic E-state index is 13.9. The molecule has 0 atom stereocenters. The molecule has 0 spiro atoms. The standard InChI is InChI=1S/C19H22FN5O2/c1-13(26)22-15-5-6-16(20)17(12-15)24-19(27)23-14-7-10-25(11-8-14)18-4-2-3-9-21-18/h2-6,9,12,14H,7-8,10-11H2,1H3,(H,22,26)(H2,23,24,27). The Balaban J connectivity index is 1.52. The Kier molecular flexibility index (Phi) is 5.85. The van der Waals surface area contributed by atoms with Gasteiger partial charge < -0.3 is 20.9 Å². The van der Waals surface area contributed by atoms with Crippen LogP contribution in [0.2, 0.25) is 0 Å². The van der Waals surface area contributed by atoms with E-state index in [-0.39, 0.29) is 17.6 Å². The van der Waals surface area contributed by atoms with Crippen LogP contribution in [0, 0.1) is 5.82 Å². The molecule has 7 nitrogen and oxygen atoms in total. The molecule has 3 rings (SSSR count). The minimum absolute atomic E-state index is 0.00607. The number of pyridine rings is 1. The number of piperidine rings is 1. The first-order chi connectivity index (χ1) is 13.0. The van der Waals surface area contributed by atoms with Crippen LogP contribution in [0.25, 0.3) is 0 Å². The Morgan fingerprint density at radius 2 is 1.93 bits per heavy atom. The van der Waals surface area contributed by atoms with Crippen molar-refractivity contribution in [3.8, 4) is 0 Å². The molecule has 0 aliphatic carbocycles. The Bertz CT molecular complexity index is 807. The third-order valence-electron chi connectivity index (χ3n) is 4.34. The lowest BCUT2D eigenvalue weighted by Crippen LogP contribution is -2.46. The summed E-state index contributed by atoms with van der Waals surface area (Å²) < 4.78 is 13.9. The zero-order chi connectivity index (χ0) is 19.2. The summed E-state index contributed by atoms with van der Waals surface area (Å²) in [5, 5.41) is 7.95. The van der Waals surface area contributed by atoms with Crippen molar-refractivity contribution in [3.63, 3.8) is 0 Å². The first-order valence-corrected chi connectivity index (χ1v) is 8.82. The van der Waals surface area contributed by atoms with Crippen LogP contribution in [-0.2, 0) is 4.79 Å². The molecular formula is C19H22FN5O2. The highest BCUT2D eigenvalue weighted by atomic mass is 19.1. The van der Waals surface area contributed by atoms with Crippen LogP contribution in [0.4, 0.5) is 26.4 Å². The van der Waals surface area contributed by atoms with Crippen molar-refractivity contribution < 1.29 is 14.0 Å². The first kappa shape index (κ1) is 18.6. The van der Waals surface area contributed by atoms with E-state index in [1.165, 1.54) is 25.1 Å². The van der Waals surface area contributed by atoms with Crippen LogP contribution in [0.15, 0.2) is 42.6 Å². The molecular weight excluding hydrogens is 349 g/mol. The predicted octanol–water partition coefficient (Wildman–Crippen LogP) is 2.97. The number of carbonyl (C=O) groups is 2. The van der Waals surface area contributed by atoms with Gasteiger partial charge in [-0.25, -0.2) is 14.2 Å². The molecule has 142 valence electrons. The highest BCUT2D eigenvalue weighted by molar-refractivity contribution is 5.92. The van der Waals surface area contributed by atoms with Crippen molar-refractivity contribution in [1.82, 2.24) is 10.3 Å². The average Bonchev–Trinajstić information content (AvgIpc) is 2.65. The lowest BCUT2D eigenvalue weighted by atomic mass is 10.1. The SMILES string of the molecule is CC(=O)Nc1ccc(F)c(NC(=O)NC2CCN(c3ccccn3)CC2)c1. The molecule has 1 aliphatic rings. The summed E-state index contributed by atoms with van der Waals surface area (Å²) >= 11 is 0. The summed E-state index contributed by atoms with van der Waals surface area (Å²) in [4.78, 5) is 29.8. The van der Waals surface area contributed by atoms with E-state index in [1.54, 1.807) is 6.20 Å². The van der Waals surface area contributed by atoms with Gasteiger partial charge in [-0.05, 0) is 43.2 Å². The van der Waals surface area contributed by atoms with Gasteiger partial charge in [-0.2, -0.15) is 0 Å². The van der Waals surface area contributed by atoms with E-state index < -0.39 is 11.8 Å². The smallest absolute Gasteiger partial charge is 0.319 e. The van der Waals surface area contributed by atoms with Gasteiger partial charge >= 0.3 is 6.03 Å². The number of carbonyl (C=O) groups excluding carboxylic acids is 2. The lowest BCUT2D eigenvalue weighted by Gasteiger charge is -2.33. The molecule has 0 radical (unpaired) electrons. The Morgan fingerprint density at radius 1 is 1.15 bits per heavy atom. The van der Waals surface area contributed by atoms with E-state index in [4.69, 9.17) is 0 Å². The molecule has 3 amide bonds. The number of benzene rings is 1. The number of nitrogens with one attached hydrogen (secondary N) is 3. The summed E-state index contributed by atoms with van der Waals surface area (Å²) in [5.74, 6) is 0.0955. The summed E-state index contributed by atoms with van der Waals surface area (Å²) in [5.41, 5.74) is 0.438. The second-order valence-electron chi connectivity index (χ2n) is 6.42. The highest BCUT2D eigenvalue weighted by Crippen LogP contribution is 2.20. The molecule has 2 heterocycles. The monoisotopic (exact) mass is 371 g/mol. The summed E-state index contributed by atoms with van der Waals surface area (Å²) in [6.07, 6.45) is 3.31. The summed E-state index contributed by atoms with van der Waals surface area (Å²) in [6.45, 7) is 2.93. The number of hydrogen-bond donors (Lipinski definition) is 3. The second kappa shape index (κ2) is 8.48. The quantitative estimate of drug-likeness (QED) is 0.771. The van der Waals surface area contributed by atoms with Crippen molar-refractivity contribution in [2.75, 3.05) is 28.6 Å². The molecule has 0 unspecified atom stereocenters. The minimum Gasteiger partial charge on any atom is -0.356 e. The van der Waals surface area contributed by atoms with E-state index in [2.05, 4.69) is 25.8 Å². The third-order valence-corrected chi connectivity index (χ3v) is 4.34. The van der Waals surface area contributed by atoms with Gasteiger partial charge in [0.05, 0.1) is 5.69 Å². The van der Waals surface area contributed by atoms with Gasteiger partial charge in [-0.3, -0.25) is 4.79 Å². The van der Waals surface area contributed by atoms with Gasteiger partial charge in [0.25, 0.3) is 0 Å². The fourth-order valence-electron chi connectivity index (χ4n) is 3.04. The van der Waals surface area contributed by atoms with Crippen molar-refractivity contribution in [3.05, 3.63) is 48.4 Å². The van der Waals surface area contributed by atoms with Crippen molar-refractivity contribution >= 4 is 29.1 Å². The molecule has 1 aromatic carbocycles. The number of nitrogens with zero attached hydrogens (tertiary/aromatic N) is 2.